The number of rotatable bonds is 2. The van der Waals surface area contributed by atoms with Crippen molar-refractivity contribution in [2.24, 2.45) is 10.9 Å². The number of aliphatic imine (C=N–C) groups is 1. The summed E-state index contributed by atoms with van der Waals surface area (Å²) in [6, 6.07) is 18.1. The molecule has 4 heteroatoms. The Morgan fingerprint density at radius 1 is 0.968 bits per heavy atom. The molecule has 0 amide bonds. The van der Waals surface area contributed by atoms with Crippen molar-refractivity contribution in [1.29, 1.82) is 0 Å². The maximum Gasteiger partial charge on any atom is 0.180 e. The summed E-state index contributed by atoms with van der Waals surface area (Å²) in [5.74, 6) is 0.838. The highest BCUT2D eigenvalue weighted by Crippen LogP contribution is 2.57. The lowest BCUT2D eigenvalue weighted by atomic mass is 9.66. The van der Waals surface area contributed by atoms with Crippen LogP contribution in [0.1, 0.15) is 42.7 Å². The molecule has 4 nitrogen and oxygen atoms in total. The van der Waals surface area contributed by atoms with Crippen molar-refractivity contribution in [2.45, 2.75) is 37.3 Å². The van der Waals surface area contributed by atoms with E-state index in [2.05, 4.69) is 41.3 Å². The first-order valence-corrected chi connectivity index (χ1v) is 11.1. The van der Waals surface area contributed by atoms with E-state index in [-0.39, 0.29) is 23.1 Å². The summed E-state index contributed by atoms with van der Waals surface area (Å²) in [4.78, 5) is 20.0. The Hall–Kier alpha value is -3.40. The van der Waals surface area contributed by atoms with Gasteiger partial charge in [0.05, 0.1) is 11.4 Å². The second-order valence-electron chi connectivity index (χ2n) is 8.86. The van der Waals surface area contributed by atoms with E-state index in [0.29, 0.717) is 5.92 Å². The summed E-state index contributed by atoms with van der Waals surface area (Å²) in [5, 5.41) is 9.86. The molecule has 3 atom stereocenters. The van der Waals surface area contributed by atoms with E-state index in [9.17, 15) is 9.90 Å². The molecule has 0 bridgehead atoms. The van der Waals surface area contributed by atoms with Crippen molar-refractivity contribution >= 4 is 17.2 Å². The summed E-state index contributed by atoms with van der Waals surface area (Å²) >= 11 is 0. The standard InChI is InChI=1S/C27H24N2O2/c30-20-11-9-19(10-12-20)25-17-22(18-6-2-1-3-7-18)23-8-4-5-15-27(23)28-24-14-13-21(31)16-26(24)29(25)27/h1-3,6-7,9-14,16-17,22-23,30H,4-5,8,15H2. The molecular formula is C27H24N2O2. The molecule has 3 unspecified atom stereocenters. The maximum atomic E-state index is 12.3. The number of benzene rings is 2. The van der Waals surface area contributed by atoms with Crippen LogP contribution in [0.4, 0.5) is 0 Å². The number of nitrogens with zero attached hydrogens (tertiary/aromatic N) is 2. The molecule has 1 fully saturated rings. The van der Waals surface area contributed by atoms with Gasteiger partial charge < -0.3 is 10.0 Å². The van der Waals surface area contributed by atoms with E-state index in [0.717, 1.165) is 41.9 Å². The third-order valence-electron chi connectivity index (χ3n) is 7.15. The molecule has 4 aliphatic rings. The molecule has 0 aromatic heterocycles. The Balaban J connectivity index is 1.61. The largest absolute Gasteiger partial charge is 0.508 e. The van der Waals surface area contributed by atoms with E-state index < -0.39 is 0 Å². The highest BCUT2D eigenvalue weighted by molar-refractivity contribution is 6.21. The van der Waals surface area contributed by atoms with Crippen LogP contribution in [0.15, 0.2) is 89.6 Å². The minimum Gasteiger partial charge on any atom is -0.508 e. The van der Waals surface area contributed by atoms with Crippen molar-refractivity contribution in [1.82, 2.24) is 4.90 Å². The number of fused-ring (bicyclic) bond motifs is 2. The van der Waals surface area contributed by atoms with Gasteiger partial charge in [0.1, 0.15) is 11.4 Å². The zero-order valence-electron chi connectivity index (χ0n) is 17.2. The van der Waals surface area contributed by atoms with Crippen molar-refractivity contribution in [3.05, 3.63) is 95.7 Å². The maximum absolute atomic E-state index is 12.3. The van der Waals surface area contributed by atoms with E-state index in [1.165, 1.54) is 12.0 Å². The van der Waals surface area contributed by atoms with Gasteiger partial charge in [-0.25, -0.2) is 0 Å². The van der Waals surface area contributed by atoms with Gasteiger partial charge >= 0.3 is 0 Å². The van der Waals surface area contributed by atoms with Gasteiger partial charge in [-0.05, 0) is 66.8 Å². The van der Waals surface area contributed by atoms with Gasteiger partial charge in [-0.1, -0.05) is 42.8 Å². The van der Waals surface area contributed by atoms with E-state index >= 15 is 0 Å². The monoisotopic (exact) mass is 408 g/mol. The second kappa shape index (κ2) is 6.81. The molecular weight excluding hydrogens is 384 g/mol. The van der Waals surface area contributed by atoms with E-state index in [1.54, 1.807) is 24.3 Å². The molecule has 6 rings (SSSR count). The van der Waals surface area contributed by atoms with Crippen LogP contribution in [0.3, 0.4) is 0 Å². The van der Waals surface area contributed by atoms with Crippen LogP contribution in [0, 0.1) is 5.92 Å². The van der Waals surface area contributed by atoms with Crippen LogP contribution in [-0.2, 0) is 4.79 Å². The number of hydrogen-bond donors (Lipinski definition) is 1. The Morgan fingerprint density at radius 3 is 2.58 bits per heavy atom. The lowest BCUT2D eigenvalue weighted by molar-refractivity contribution is -0.110. The van der Waals surface area contributed by atoms with Gasteiger partial charge in [-0.15, -0.1) is 0 Å². The third-order valence-corrected chi connectivity index (χ3v) is 7.15. The summed E-state index contributed by atoms with van der Waals surface area (Å²) in [6.45, 7) is 0. The second-order valence-corrected chi connectivity index (χ2v) is 8.86. The number of allylic oxidation sites excluding steroid dienone is 4. The molecule has 0 saturated heterocycles. The first kappa shape index (κ1) is 18.4. The normalized spacial score (nSPS) is 28.8. The van der Waals surface area contributed by atoms with Gasteiger partial charge in [0.25, 0.3) is 0 Å². The van der Waals surface area contributed by atoms with Crippen LogP contribution in [0.25, 0.3) is 5.70 Å². The van der Waals surface area contributed by atoms with E-state index in [1.807, 2.05) is 18.2 Å². The smallest absolute Gasteiger partial charge is 0.180 e. The summed E-state index contributed by atoms with van der Waals surface area (Å²) in [5.41, 5.74) is 4.84. The molecule has 2 aromatic rings. The van der Waals surface area contributed by atoms with Crippen LogP contribution in [0.2, 0.25) is 0 Å². The zero-order valence-corrected chi connectivity index (χ0v) is 17.2. The van der Waals surface area contributed by atoms with Crippen LogP contribution < -0.4 is 0 Å². The van der Waals surface area contributed by atoms with Gasteiger partial charge in [0, 0.05) is 23.6 Å². The third kappa shape index (κ3) is 2.74. The highest BCUT2D eigenvalue weighted by Gasteiger charge is 2.56. The number of aromatic hydroxyl groups is 1. The topological polar surface area (TPSA) is 52.9 Å². The van der Waals surface area contributed by atoms with Gasteiger partial charge in [-0.2, -0.15) is 0 Å². The summed E-state index contributed by atoms with van der Waals surface area (Å²) in [6.07, 6.45) is 12.0. The molecule has 31 heavy (non-hydrogen) atoms. The number of phenols is 1. The number of hydrogen-bond acceptors (Lipinski definition) is 4. The predicted molar refractivity (Wildman–Crippen MR) is 121 cm³/mol. The van der Waals surface area contributed by atoms with Crippen molar-refractivity contribution in [3.8, 4) is 5.75 Å². The average molecular weight is 409 g/mol. The fraction of sp³-hybridized carbons (Fsp3) is 0.259. The number of carbonyl (C=O) groups is 1. The van der Waals surface area contributed by atoms with Crippen molar-refractivity contribution < 1.29 is 9.90 Å². The Kier molecular flexibility index (Phi) is 4.04. The fourth-order valence-electron chi connectivity index (χ4n) is 5.85. The molecule has 0 radical (unpaired) electrons. The highest BCUT2D eigenvalue weighted by atomic mass is 16.3. The van der Waals surface area contributed by atoms with E-state index in [4.69, 9.17) is 4.99 Å². The number of carbonyl (C=O) groups excluding carboxylic acids is 1. The summed E-state index contributed by atoms with van der Waals surface area (Å²) < 4.78 is 0. The quantitative estimate of drug-likeness (QED) is 0.695. The number of phenolic OH excluding ortho intramolecular Hbond substituents is 1. The lowest BCUT2D eigenvalue weighted by Crippen LogP contribution is -2.54. The summed E-state index contributed by atoms with van der Waals surface area (Å²) in [7, 11) is 0. The van der Waals surface area contributed by atoms with Crippen LogP contribution in [-0.4, -0.2) is 27.2 Å². The molecule has 2 aromatic carbocycles. The molecule has 154 valence electrons. The van der Waals surface area contributed by atoms with Gasteiger partial charge in [0.15, 0.2) is 5.78 Å². The first-order valence-electron chi connectivity index (χ1n) is 11.1. The minimum atomic E-state index is -0.378. The Bertz CT molecular complexity index is 1170. The van der Waals surface area contributed by atoms with Crippen molar-refractivity contribution in [3.63, 3.8) is 0 Å². The molecule has 1 N–H and O–H groups in total. The Morgan fingerprint density at radius 2 is 1.77 bits per heavy atom. The average Bonchev–Trinajstić information content (AvgIpc) is 3.12. The van der Waals surface area contributed by atoms with Gasteiger partial charge in [-0.3, -0.25) is 9.79 Å². The predicted octanol–water partition coefficient (Wildman–Crippen LogP) is 5.20. The fourth-order valence-corrected chi connectivity index (χ4v) is 5.85. The molecule has 2 aliphatic heterocycles. The SMILES string of the molecule is O=C1C=CC2=NC34CCCCC3C(c3ccccc3)C=C(c3ccc(O)cc3)N4C2=C1. The molecule has 1 saturated carbocycles. The lowest BCUT2D eigenvalue weighted by Gasteiger charge is -2.53. The molecule has 2 heterocycles. The minimum absolute atomic E-state index is 0.00796. The molecule has 2 aliphatic carbocycles. The first-order chi connectivity index (χ1) is 15.2. The molecule has 1 spiro atoms. The Labute approximate surface area is 181 Å². The zero-order chi connectivity index (χ0) is 21.0. The van der Waals surface area contributed by atoms with Gasteiger partial charge in [0.2, 0.25) is 0 Å². The van der Waals surface area contributed by atoms with Crippen molar-refractivity contribution in [2.75, 3.05) is 0 Å². The van der Waals surface area contributed by atoms with Crippen LogP contribution >= 0.6 is 0 Å². The van der Waals surface area contributed by atoms with Crippen LogP contribution in [0.5, 0.6) is 5.75 Å². The number of ketones is 1.